The molecule has 0 fully saturated rings. The van der Waals surface area contributed by atoms with E-state index >= 15 is 0 Å². The summed E-state index contributed by atoms with van der Waals surface area (Å²) in [7, 11) is 0. The highest BCUT2D eigenvalue weighted by Crippen LogP contribution is 2.31. The van der Waals surface area contributed by atoms with Gasteiger partial charge in [0.1, 0.15) is 5.15 Å². The van der Waals surface area contributed by atoms with Crippen molar-refractivity contribution in [3.05, 3.63) is 50.5 Å². The molecule has 0 N–H and O–H groups in total. The molecule has 0 aliphatic carbocycles. The van der Waals surface area contributed by atoms with E-state index < -0.39 is 4.92 Å². The molecule has 2 aromatic heterocycles. The van der Waals surface area contributed by atoms with Gasteiger partial charge in [-0.1, -0.05) is 11.6 Å². The highest BCUT2D eigenvalue weighted by atomic mass is 35.5. The SMILES string of the molecule is Cc1ccsc1-c1nc(Cl)c2ccc([N+](=O)[O-])cc2n1. The van der Waals surface area contributed by atoms with Crippen molar-refractivity contribution in [3.63, 3.8) is 0 Å². The monoisotopic (exact) mass is 305 g/mol. The van der Waals surface area contributed by atoms with Crippen LogP contribution in [0.25, 0.3) is 21.6 Å². The van der Waals surface area contributed by atoms with E-state index in [9.17, 15) is 10.1 Å². The van der Waals surface area contributed by atoms with Gasteiger partial charge < -0.3 is 0 Å². The first-order chi connectivity index (χ1) is 9.56. The number of thiophene rings is 1. The van der Waals surface area contributed by atoms with Gasteiger partial charge in [-0.2, -0.15) is 0 Å². The van der Waals surface area contributed by atoms with Crippen LogP contribution in [0, 0.1) is 17.0 Å². The molecule has 0 radical (unpaired) electrons. The van der Waals surface area contributed by atoms with Crippen molar-refractivity contribution < 1.29 is 4.92 Å². The third-order valence-corrected chi connectivity index (χ3v) is 4.21. The van der Waals surface area contributed by atoms with Gasteiger partial charge in [0.25, 0.3) is 5.69 Å². The third kappa shape index (κ3) is 2.13. The molecule has 0 aliphatic rings. The lowest BCUT2D eigenvalue weighted by atomic mass is 10.2. The number of aryl methyl sites for hydroxylation is 1. The Morgan fingerprint density at radius 2 is 2.10 bits per heavy atom. The molecule has 1 aromatic carbocycles. The number of halogens is 1. The predicted molar refractivity (Wildman–Crippen MR) is 79.3 cm³/mol. The van der Waals surface area contributed by atoms with Crippen LogP contribution in [0.1, 0.15) is 5.56 Å². The highest BCUT2D eigenvalue weighted by Gasteiger charge is 2.14. The third-order valence-electron chi connectivity index (χ3n) is 2.91. The molecule has 0 spiro atoms. The smallest absolute Gasteiger partial charge is 0.258 e. The Morgan fingerprint density at radius 1 is 1.30 bits per heavy atom. The average Bonchev–Trinajstić information content (AvgIpc) is 2.84. The van der Waals surface area contributed by atoms with Crippen molar-refractivity contribution in [3.8, 4) is 10.7 Å². The van der Waals surface area contributed by atoms with E-state index in [4.69, 9.17) is 11.6 Å². The van der Waals surface area contributed by atoms with Gasteiger partial charge >= 0.3 is 0 Å². The van der Waals surface area contributed by atoms with E-state index in [0.29, 0.717) is 21.9 Å². The zero-order valence-corrected chi connectivity index (χ0v) is 11.9. The first kappa shape index (κ1) is 13.0. The Kier molecular flexibility index (Phi) is 3.11. The van der Waals surface area contributed by atoms with E-state index in [1.807, 2.05) is 18.4 Å². The van der Waals surface area contributed by atoms with Crippen molar-refractivity contribution in [1.29, 1.82) is 0 Å². The van der Waals surface area contributed by atoms with E-state index in [1.54, 1.807) is 6.07 Å². The summed E-state index contributed by atoms with van der Waals surface area (Å²) < 4.78 is 0. The minimum absolute atomic E-state index is 0.0129. The van der Waals surface area contributed by atoms with Gasteiger partial charge in [-0.3, -0.25) is 10.1 Å². The molecule has 3 rings (SSSR count). The molecule has 0 saturated heterocycles. The number of nitrogens with zero attached hydrogens (tertiary/aromatic N) is 3. The molecule has 5 nitrogen and oxygen atoms in total. The maximum absolute atomic E-state index is 10.8. The van der Waals surface area contributed by atoms with Crippen LogP contribution >= 0.6 is 22.9 Å². The van der Waals surface area contributed by atoms with Crippen LogP contribution < -0.4 is 0 Å². The molecule has 3 aromatic rings. The average molecular weight is 306 g/mol. The van der Waals surface area contributed by atoms with Gasteiger partial charge in [-0.25, -0.2) is 9.97 Å². The summed E-state index contributed by atoms with van der Waals surface area (Å²) in [5, 5.41) is 13.7. The Balaban J connectivity index is 2.26. The maximum Gasteiger partial charge on any atom is 0.271 e. The molecule has 0 bridgehead atoms. The number of nitro groups is 1. The van der Waals surface area contributed by atoms with Crippen LogP contribution in [0.2, 0.25) is 5.15 Å². The van der Waals surface area contributed by atoms with Crippen LogP contribution in [0.5, 0.6) is 0 Å². The van der Waals surface area contributed by atoms with Crippen molar-refractivity contribution in [2.75, 3.05) is 0 Å². The fourth-order valence-electron chi connectivity index (χ4n) is 1.90. The van der Waals surface area contributed by atoms with E-state index in [1.165, 1.54) is 23.5 Å². The summed E-state index contributed by atoms with van der Waals surface area (Å²) in [4.78, 5) is 20.0. The molecule has 7 heteroatoms. The molecule has 0 unspecified atom stereocenters. The molecule has 0 atom stereocenters. The number of rotatable bonds is 2. The summed E-state index contributed by atoms with van der Waals surface area (Å²) in [6.07, 6.45) is 0. The minimum Gasteiger partial charge on any atom is -0.258 e. The normalized spacial score (nSPS) is 10.9. The Bertz CT molecular complexity index is 832. The minimum atomic E-state index is -0.453. The van der Waals surface area contributed by atoms with Crippen LogP contribution in [-0.2, 0) is 0 Å². The molecular formula is C13H8ClN3O2S. The lowest BCUT2D eigenvalue weighted by Gasteiger charge is -2.04. The first-order valence-corrected chi connectivity index (χ1v) is 6.98. The van der Waals surface area contributed by atoms with Crippen molar-refractivity contribution >= 4 is 39.5 Å². The Labute approximate surface area is 123 Å². The lowest BCUT2D eigenvalue weighted by Crippen LogP contribution is -1.93. The second-order valence-corrected chi connectivity index (χ2v) is 5.50. The number of fused-ring (bicyclic) bond motifs is 1. The fourth-order valence-corrected chi connectivity index (χ4v) is 2.99. The molecule has 0 saturated carbocycles. The number of hydrogen-bond acceptors (Lipinski definition) is 5. The van der Waals surface area contributed by atoms with E-state index in [0.717, 1.165) is 10.4 Å². The van der Waals surface area contributed by atoms with Gasteiger partial charge in [0, 0.05) is 17.5 Å². The van der Waals surface area contributed by atoms with Gasteiger partial charge in [0.2, 0.25) is 0 Å². The predicted octanol–water partition coefficient (Wildman–Crippen LogP) is 4.23. The molecule has 0 amide bonds. The van der Waals surface area contributed by atoms with Crippen LogP contribution in [0.4, 0.5) is 5.69 Å². The van der Waals surface area contributed by atoms with Crippen molar-refractivity contribution in [2.45, 2.75) is 6.92 Å². The fraction of sp³-hybridized carbons (Fsp3) is 0.0769. The van der Waals surface area contributed by atoms with Crippen LogP contribution in [0.15, 0.2) is 29.6 Å². The van der Waals surface area contributed by atoms with Crippen LogP contribution in [-0.4, -0.2) is 14.9 Å². The zero-order chi connectivity index (χ0) is 14.3. The first-order valence-electron chi connectivity index (χ1n) is 5.72. The molecule has 2 heterocycles. The summed E-state index contributed by atoms with van der Waals surface area (Å²) in [5.41, 5.74) is 1.51. The van der Waals surface area contributed by atoms with E-state index in [-0.39, 0.29) is 5.69 Å². The number of non-ortho nitro benzene ring substituents is 1. The highest BCUT2D eigenvalue weighted by molar-refractivity contribution is 7.13. The molecule has 0 aliphatic heterocycles. The Hall–Kier alpha value is -2.05. The molecule has 20 heavy (non-hydrogen) atoms. The number of aromatic nitrogens is 2. The summed E-state index contributed by atoms with van der Waals surface area (Å²) in [5.74, 6) is 0.496. The molecular weight excluding hydrogens is 298 g/mol. The lowest BCUT2D eigenvalue weighted by molar-refractivity contribution is -0.384. The van der Waals surface area contributed by atoms with E-state index in [2.05, 4.69) is 9.97 Å². The second-order valence-electron chi connectivity index (χ2n) is 4.23. The number of hydrogen-bond donors (Lipinski definition) is 0. The summed E-state index contributed by atoms with van der Waals surface area (Å²) in [6.45, 7) is 1.96. The van der Waals surface area contributed by atoms with Gasteiger partial charge in [0.15, 0.2) is 5.82 Å². The molecule has 100 valence electrons. The standard InChI is InChI=1S/C13H8ClN3O2S/c1-7-4-5-20-11(7)13-15-10-6-8(17(18)19)2-3-9(10)12(14)16-13/h2-6H,1H3. The zero-order valence-electron chi connectivity index (χ0n) is 10.3. The van der Waals surface area contributed by atoms with Crippen LogP contribution in [0.3, 0.4) is 0 Å². The summed E-state index contributed by atoms with van der Waals surface area (Å²) >= 11 is 7.66. The van der Waals surface area contributed by atoms with Gasteiger partial charge in [0.05, 0.1) is 15.3 Å². The maximum atomic E-state index is 10.8. The number of benzene rings is 1. The topological polar surface area (TPSA) is 68.9 Å². The van der Waals surface area contributed by atoms with Gasteiger partial charge in [-0.05, 0) is 30.0 Å². The largest absolute Gasteiger partial charge is 0.271 e. The van der Waals surface area contributed by atoms with Crippen molar-refractivity contribution in [1.82, 2.24) is 9.97 Å². The summed E-state index contributed by atoms with van der Waals surface area (Å²) in [6, 6.07) is 6.35. The second kappa shape index (κ2) is 4.81. The van der Waals surface area contributed by atoms with Gasteiger partial charge in [-0.15, -0.1) is 11.3 Å². The quantitative estimate of drug-likeness (QED) is 0.403. The number of nitro benzene ring substituents is 1. The van der Waals surface area contributed by atoms with Crippen molar-refractivity contribution in [2.24, 2.45) is 0 Å². The Morgan fingerprint density at radius 3 is 2.75 bits per heavy atom.